The van der Waals surface area contributed by atoms with Crippen LogP contribution in [-0.4, -0.2) is 41.7 Å². The Labute approximate surface area is 151 Å². The summed E-state index contributed by atoms with van der Waals surface area (Å²) in [6, 6.07) is 8.50. The molecule has 0 radical (unpaired) electrons. The van der Waals surface area contributed by atoms with Gasteiger partial charge < -0.3 is 15.3 Å². The molecule has 0 atom stereocenters. The fraction of sp³-hybridized carbons (Fsp3) is 0.588. The number of hydrogen-bond acceptors (Lipinski definition) is 2. The first-order chi connectivity index (χ1) is 10.2. The lowest BCUT2D eigenvalue weighted by molar-refractivity contribution is 0.108. The van der Waals surface area contributed by atoms with Crippen molar-refractivity contribution in [2.45, 2.75) is 45.8 Å². The maximum Gasteiger partial charge on any atom is 0.194 e. The first kappa shape index (κ1) is 19.2. The van der Waals surface area contributed by atoms with Gasteiger partial charge in [0.1, 0.15) is 0 Å². The standard InChI is InChI=1S/C17H27N3O.HI/c1-3-14-7-5-6-8-15(14)13-19-17(18-4-2)20-11-9-16(21)10-12-20;/h5-8,16,21H,3-4,9-13H2,1-2H3,(H,18,19);1H. The summed E-state index contributed by atoms with van der Waals surface area (Å²) >= 11 is 0. The zero-order valence-corrected chi connectivity index (χ0v) is 15.9. The van der Waals surface area contributed by atoms with E-state index in [1.54, 1.807) is 0 Å². The number of aliphatic hydroxyl groups excluding tert-OH is 1. The molecular formula is C17H28IN3O. The van der Waals surface area contributed by atoms with Crippen LogP contribution in [0, 0.1) is 0 Å². The summed E-state index contributed by atoms with van der Waals surface area (Å²) in [5.74, 6) is 0.968. The molecule has 2 rings (SSSR count). The van der Waals surface area contributed by atoms with Crippen molar-refractivity contribution < 1.29 is 5.11 Å². The van der Waals surface area contributed by atoms with Crippen LogP contribution in [0.15, 0.2) is 29.3 Å². The van der Waals surface area contributed by atoms with Crippen molar-refractivity contribution in [1.29, 1.82) is 0 Å². The van der Waals surface area contributed by atoms with Crippen molar-refractivity contribution in [1.82, 2.24) is 10.2 Å². The number of guanidine groups is 1. The number of nitrogens with one attached hydrogen (secondary N) is 1. The molecule has 5 heteroatoms. The summed E-state index contributed by atoms with van der Waals surface area (Å²) in [4.78, 5) is 7.05. The average molecular weight is 417 g/mol. The lowest BCUT2D eigenvalue weighted by Gasteiger charge is -2.32. The zero-order chi connectivity index (χ0) is 15.1. The SMILES string of the molecule is CCNC(=NCc1ccccc1CC)N1CCC(O)CC1.I. The van der Waals surface area contributed by atoms with Gasteiger partial charge in [0, 0.05) is 19.6 Å². The van der Waals surface area contributed by atoms with E-state index in [-0.39, 0.29) is 30.1 Å². The van der Waals surface area contributed by atoms with Crippen LogP contribution < -0.4 is 5.32 Å². The van der Waals surface area contributed by atoms with Crippen molar-refractivity contribution in [3.63, 3.8) is 0 Å². The molecule has 22 heavy (non-hydrogen) atoms. The van der Waals surface area contributed by atoms with E-state index >= 15 is 0 Å². The second-order valence-electron chi connectivity index (χ2n) is 5.51. The molecular weight excluding hydrogens is 389 g/mol. The van der Waals surface area contributed by atoms with E-state index in [1.807, 2.05) is 0 Å². The van der Waals surface area contributed by atoms with Crippen molar-refractivity contribution in [3.05, 3.63) is 35.4 Å². The van der Waals surface area contributed by atoms with Gasteiger partial charge in [-0.25, -0.2) is 4.99 Å². The fourth-order valence-electron chi connectivity index (χ4n) is 2.72. The Morgan fingerprint density at radius 2 is 1.86 bits per heavy atom. The van der Waals surface area contributed by atoms with E-state index in [4.69, 9.17) is 4.99 Å². The molecule has 1 aromatic rings. The predicted molar refractivity (Wildman–Crippen MR) is 103 cm³/mol. The van der Waals surface area contributed by atoms with Gasteiger partial charge in [-0.1, -0.05) is 31.2 Å². The van der Waals surface area contributed by atoms with Gasteiger partial charge in [-0.3, -0.25) is 0 Å². The van der Waals surface area contributed by atoms with Gasteiger partial charge >= 0.3 is 0 Å². The van der Waals surface area contributed by atoms with E-state index < -0.39 is 0 Å². The molecule has 0 aromatic heterocycles. The summed E-state index contributed by atoms with van der Waals surface area (Å²) < 4.78 is 0. The highest BCUT2D eigenvalue weighted by molar-refractivity contribution is 14.0. The number of likely N-dealkylation sites (tertiary alicyclic amines) is 1. The minimum absolute atomic E-state index is 0. The van der Waals surface area contributed by atoms with E-state index in [1.165, 1.54) is 11.1 Å². The van der Waals surface area contributed by atoms with Crippen molar-refractivity contribution >= 4 is 29.9 Å². The topological polar surface area (TPSA) is 47.9 Å². The number of halogens is 1. The van der Waals surface area contributed by atoms with Crippen molar-refractivity contribution in [2.24, 2.45) is 4.99 Å². The summed E-state index contributed by atoms with van der Waals surface area (Å²) in [5, 5.41) is 13.0. The molecule has 0 saturated carbocycles. The average Bonchev–Trinajstić information content (AvgIpc) is 2.52. The molecule has 1 saturated heterocycles. The summed E-state index contributed by atoms with van der Waals surface area (Å²) in [5.41, 5.74) is 2.67. The van der Waals surface area contributed by atoms with Crippen LogP contribution in [0.1, 0.15) is 37.8 Å². The first-order valence-electron chi connectivity index (χ1n) is 8.02. The van der Waals surface area contributed by atoms with Gasteiger partial charge in [0.05, 0.1) is 12.6 Å². The minimum Gasteiger partial charge on any atom is -0.393 e. The van der Waals surface area contributed by atoms with E-state index in [0.717, 1.165) is 44.9 Å². The molecule has 1 heterocycles. The molecule has 124 valence electrons. The van der Waals surface area contributed by atoms with E-state index in [2.05, 4.69) is 48.3 Å². The first-order valence-corrected chi connectivity index (χ1v) is 8.02. The molecule has 0 bridgehead atoms. The van der Waals surface area contributed by atoms with Crippen LogP contribution in [0.25, 0.3) is 0 Å². The Bertz CT molecular complexity index is 471. The monoisotopic (exact) mass is 417 g/mol. The van der Waals surface area contributed by atoms with Crippen LogP contribution >= 0.6 is 24.0 Å². The smallest absolute Gasteiger partial charge is 0.194 e. The van der Waals surface area contributed by atoms with Gasteiger partial charge in [-0.05, 0) is 37.3 Å². The van der Waals surface area contributed by atoms with E-state index in [9.17, 15) is 5.11 Å². The van der Waals surface area contributed by atoms with Crippen molar-refractivity contribution in [2.75, 3.05) is 19.6 Å². The zero-order valence-electron chi connectivity index (χ0n) is 13.6. The second-order valence-corrected chi connectivity index (χ2v) is 5.51. The molecule has 0 spiro atoms. The third kappa shape index (κ3) is 5.43. The van der Waals surface area contributed by atoms with Crippen LogP contribution in [0.4, 0.5) is 0 Å². The molecule has 1 aliphatic rings. The predicted octanol–water partition coefficient (Wildman–Crippen LogP) is 2.79. The molecule has 1 fully saturated rings. The van der Waals surface area contributed by atoms with E-state index in [0.29, 0.717) is 6.54 Å². The van der Waals surface area contributed by atoms with Gasteiger partial charge in [-0.15, -0.1) is 24.0 Å². The highest BCUT2D eigenvalue weighted by Crippen LogP contribution is 2.13. The third-order valence-corrected chi connectivity index (χ3v) is 4.00. The summed E-state index contributed by atoms with van der Waals surface area (Å²) in [6.45, 7) is 7.61. The number of aryl methyl sites for hydroxylation is 1. The molecule has 4 nitrogen and oxygen atoms in total. The molecule has 0 aliphatic carbocycles. The van der Waals surface area contributed by atoms with Gasteiger partial charge in [-0.2, -0.15) is 0 Å². The molecule has 1 aromatic carbocycles. The maximum atomic E-state index is 9.63. The summed E-state index contributed by atoms with van der Waals surface area (Å²) in [6.07, 6.45) is 2.55. The Morgan fingerprint density at radius 3 is 2.45 bits per heavy atom. The normalized spacial score (nSPS) is 16.3. The third-order valence-electron chi connectivity index (χ3n) is 4.00. The number of aliphatic imine (C=N–C) groups is 1. The van der Waals surface area contributed by atoms with Crippen LogP contribution in [-0.2, 0) is 13.0 Å². The fourth-order valence-corrected chi connectivity index (χ4v) is 2.72. The number of rotatable bonds is 4. The quantitative estimate of drug-likeness (QED) is 0.450. The Balaban J connectivity index is 0.00000242. The largest absolute Gasteiger partial charge is 0.393 e. The Morgan fingerprint density at radius 1 is 1.23 bits per heavy atom. The molecule has 1 aliphatic heterocycles. The Kier molecular flexibility index (Phi) is 8.78. The minimum atomic E-state index is -0.148. The van der Waals surface area contributed by atoms with Crippen molar-refractivity contribution in [3.8, 4) is 0 Å². The number of aliphatic hydroxyl groups is 1. The van der Waals surface area contributed by atoms with Gasteiger partial charge in [0.2, 0.25) is 0 Å². The highest BCUT2D eigenvalue weighted by Gasteiger charge is 2.19. The van der Waals surface area contributed by atoms with Crippen LogP contribution in [0.3, 0.4) is 0 Å². The lowest BCUT2D eigenvalue weighted by atomic mass is 10.1. The highest BCUT2D eigenvalue weighted by atomic mass is 127. The van der Waals surface area contributed by atoms with Crippen LogP contribution in [0.2, 0.25) is 0 Å². The number of hydrogen-bond donors (Lipinski definition) is 2. The summed E-state index contributed by atoms with van der Waals surface area (Å²) in [7, 11) is 0. The number of piperidine rings is 1. The number of nitrogens with zero attached hydrogens (tertiary/aromatic N) is 2. The maximum absolute atomic E-state index is 9.63. The molecule has 2 N–H and O–H groups in total. The second kappa shape index (κ2) is 10.0. The number of benzene rings is 1. The molecule has 0 unspecified atom stereocenters. The Hall–Kier alpha value is -0.820. The van der Waals surface area contributed by atoms with Crippen LogP contribution in [0.5, 0.6) is 0 Å². The van der Waals surface area contributed by atoms with Gasteiger partial charge in [0.15, 0.2) is 5.96 Å². The lowest BCUT2D eigenvalue weighted by Crippen LogP contribution is -2.46. The van der Waals surface area contributed by atoms with Gasteiger partial charge in [0.25, 0.3) is 0 Å². The molecule has 0 amide bonds.